The van der Waals surface area contributed by atoms with E-state index in [0.29, 0.717) is 19.5 Å². The van der Waals surface area contributed by atoms with E-state index in [1.54, 1.807) is 29.4 Å². The van der Waals surface area contributed by atoms with Gasteiger partial charge in [0, 0.05) is 25.5 Å². The van der Waals surface area contributed by atoms with Gasteiger partial charge in [-0.15, -0.1) is 0 Å². The van der Waals surface area contributed by atoms with Crippen molar-refractivity contribution in [2.45, 2.75) is 19.6 Å². The molecule has 0 spiro atoms. The maximum Gasteiger partial charge on any atom is 0.410 e. The zero-order valence-electron chi connectivity index (χ0n) is 15.9. The highest BCUT2D eigenvalue weighted by Crippen LogP contribution is 2.12. The molecule has 148 valence electrons. The summed E-state index contributed by atoms with van der Waals surface area (Å²) in [5.74, 6) is -0.978. The summed E-state index contributed by atoms with van der Waals surface area (Å²) < 4.78 is 5.49. The van der Waals surface area contributed by atoms with Crippen LogP contribution in [-0.4, -0.2) is 33.6 Å². The normalized spacial score (nSPS) is 10.3. The van der Waals surface area contributed by atoms with Gasteiger partial charge in [0.25, 0.3) is 0 Å². The minimum atomic E-state index is -0.978. The number of hydrogen-bond donors (Lipinski definition) is 1. The second-order valence-corrected chi connectivity index (χ2v) is 6.57. The van der Waals surface area contributed by atoms with Crippen molar-refractivity contribution in [2.75, 3.05) is 6.54 Å². The van der Waals surface area contributed by atoms with Gasteiger partial charge in [0.1, 0.15) is 6.61 Å². The van der Waals surface area contributed by atoms with Crippen LogP contribution in [0.2, 0.25) is 0 Å². The van der Waals surface area contributed by atoms with Crippen molar-refractivity contribution < 1.29 is 19.4 Å². The zero-order valence-corrected chi connectivity index (χ0v) is 15.9. The number of carbonyl (C=O) groups is 2. The first-order valence-electron chi connectivity index (χ1n) is 9.28. The molecule has 1 N–H and O–H groups in total. The average molecular weight is 390 g/mol. The van der Waals surface area contributed by atoms with Gasteiger partial charge in [-0.25, -0.2) is 9.59 Å². The van der Waals surface area contributed by atoms with Gasteiger partial charge < -0.3 is 14.7 Å². The third kappa shape index (κ3) is 6.17. The maximum atomic E-state index is 12.7. The van der Waals surface area contributed by atoms with Crippen LogP contribution in [0, 0.1) is 0 Å². The second-order valence-electron chi connectivity index (χ2n) is 6.57. The van der Waals surface area contributed by atoms with Gasteiger partial charge >= 0.3 is 12.1 Å². The van der Waals surface area contributed by atoms with Crippen LogP contribution in [0.3, 0.4) is 0 Å². The first-order chi connectivity index (χ1) is 14.1. The molecule has 6 nitrogen and oxygen atoms in total. The number of aromatic nitrogens is 1. The number of rotatable bonds is 8. The first kappa shape index (κ1) is 20.1. The van der Waals surface area contributed by atoms with Crippen LogP contribution in [0.15, 0.2) is 79.1 Å². The lowest BCUT2D eigenvalue weighted by Crippen LogP contribution is -2.33. The van der Waals surface area contributed by atoms with Gasteiger partial charge in [-0.1, -0.05) is 42.5 Å². The fraction of sp³-hybridized carbons (Fsp3) is 0.174. The average Bonchev–Trinajstić information content (AvgIpc) is 2.76. The molecule has 0 fully saturated rings. The highest BCUT2D eigenvalue weighted by Gasteiger charge is 2.16. The summed E-state index contributed by atoms with van der Waals surface area (Å²) in [6.45, 7) is 1.00. The third-order valence-electron chi connectivity index (χ3n) is 4.46. The number of nitrogens with zero attached hydrogens (tertiary/aromatic N) is 2. The SMILES string of the molecule is O=C(O)c1ccc(CN(CCc2ccncc2)C(=O)OCc2ccccc2)cc1. The van der Waals surface area contributed by atoms with Gasteiger partial charge in [0.15, 0.2) is 0 Å². The molecule has 3 rings (SSSR count). The number of amides is 1. The molecule has 0 saturated heterocycles. The predicted molar refractivity (Wildman–Crippen MR) is 108 cm³/mol. The van der Waals surface area contributed by atoms with Crippen LogP contribution in [0.4, 0.5) is 4.79 Å². The molecule has 0 aliphatic carbocycles. The summed E-state index contributed by atoms with van der Waals surface area (Å²) in [5, 5.41) is 9.04. The number of hydrogen-bond acceptors (Lipinski definition) is 4. The molecule has 6 heteroatoms. The summed E-state index contributed by atoms with van der Waals surface area (Å²) in [7, 11) is 0. The summed E-state index contributed by atoms with van der Waals surface area (Å²) in [4.78, 5) is 29.4. The molecule has 1 amide bonds. The standard InChI is InChI=1S/C23H22N2O4/c26-22(27)21-8-6-19(7-9-21)16-25(15-12-18-10-13-24-14-11-18)23(28)29-17-20-4-2-1-3-5-20/h1-11,13-14H,12,15-17H2,(H,26,27). The molecule has 0 atom stereocenters. The molecule has 0 radical (unpaired) electrons. The Morgan fingerprint density at radius 3 is 2.21 bits per heavy atom. The van der Waals surface area contributed by atoms with Crippen LogP contribution in [-0.2, 0) is 24.3 Å². The Balaban J connectivity index is 1.67. The van der Waals surface area contributed by atoms with Gasteiger partial charge in [-0.2, -0.15) is 0 Å². The van der Waals surface area contributed by atoms with E-state index in [1.165, 1.54) is 12.1 Å². The highest BCUT2D eigenvalue weighted by atomic mass is 16.6. The highest BCUT2D eigenvalue weighted by molar-refractivity contribution is 5.87. The molecule has 1 aromatic heterocycles. The molecular formula is C23H22N2O4. The Bertz CT molecular complexity index is 928. The van der Waals surface area contributed by atoms with Crippen molar-refractivity contribution in [1.29, 1.82) is 0 Å². The maximum absolute atomic E-state index is 12.7. The van der Waals surface area contributed by atoms with Gasteiger partial charge in [0.05, 0.1) is 5.56 Å². The van der Waals surface area contributed by atoms with E-state index >= 15 is 0 Å². The van der Waals surface area contributed by atoms with Crippen molar-refractivity contribution in [3.63, 3.8) is 0 Å². The van der Waals surface area contributed by atoms with E-state index in [9.17, 15) is 9.59 Å². The smallest absolute Gasteiger partial charge is 0.410 e. The fourth-order valence-corrected chi connectivity index (χ4v) is 2.83. The zero-order chi connectivity index (χ0) is 20.5. The molecule has 0 aliphatic rings. The number of benzene rings is 2. The topological polar surface area (TPSA) is 79.7 Å². The third-order valence-corrected chi connectivity index (χ3v) is 4.46. The van der Waals surface area contributed by atoms with Crippen LogP contribution in [0.25, 0.3) is 0 Å². The Hall–Kier alpha value is -3.67. The number of carboxylic acids is 1. The predicted octanol–water partition coefficient (Wildman–Crippen LogP) is 4.16. The van der Waals surface area contributed by atoms with Crippen LogP contribution in [0.5, 0.6) is 0 Å². The largest absolute Gasteiger partial charge is 0.478 e. The molecule has 29 heavy (non-hydrogen) atoms. The molecule has 3 aromatic rings. The number of carbonyl (C=O) groups excluding carboxylic acids is 1. The summed E-state index contributed by atoms with van der Waals surface area (Å²) in [6, 6.07) is 19.8. The van der Waals surface area contributed by atoms with Gasteiger partial charge in [-0.3, -0.25) is 4.98 Å². The summed E-state index contributed by atoms with van der Waals surface area (Å²) in [5.41, 5.74) is 3.04. The van der Waals surface area contributed by atoms with Crippen molar-refractivity contribution in [3.05, 3.63) is 101 Å². The van der Waals surface area contributed by atoms with Crippen LogP contribution >= 0.6 is 0 Å². The Kier molecular flexibility index (Phi) is 6.95. The van der Waals surface area contributed by atoms with E-state index in [0.717, 1.165) is 16.7 Å². The van der Waals surface area contributed by atoms with Crippen molar-refractivity contribution in [3.8, 4) is 0 Å². The molecular weight excluding hydrogens is 368 g/mol. The van der Waals surface area contributed by atoms with E-state index in [4.69, 9.17) is 9.84 Å². The van der Waals surface area contributed by atoms with Gasteiger partial charge in [-0.05, 0) is 47.4 Å². The van der Waals surface area contributed by atoms with E-state index in [2.05, 4.69) is 4.98 Å². The van der Waals surface area contributed by atoms with Crippen LogP contribution < -0.4 is 0 Å². The molecule has 2 aromatic carbocycles. The van der Waals surface area contributed by atoms with Crippen molar-refractivity contribution in [2.24, 2.45) is 0 Å². The van der Waals surface area contributed by atoms with Crippen LogP contribution in [0.1, 0.15) is 27.0 Å². The fourth-order valence-electron chi connectivity index (χ4n) is 2.83. The number of pyridine rings is 1. The van der Waals surface area contributed by atoms with Crippen molar-refractivity contribution in [1.82, 2.24) is 9.88 Å². The first-order valence-corrected chi connectivity index (χ1v) is 9.28. The lowest BCUT2D eigenvalue weighted by molar-refractivity contribution is 0.0696. The van der Waals surface area contributed by atoms with E-state index in [1.807, 2.05) is 42.5 Å². The quantitative estimate of drug-likeness (QED) is 0.625. The number of aromatic carboxylic acids is 1. The Labute approximate surface area is 169 Å². The second kappa shape index (κ2) is 10.0. The lowest BCUT2D eigenvalue weighted by atomic mass is 10.1. The van der Waals surface area contributed by atoms with Crippen molar-refractivity contribution >= 4 is 12.1 Å². The molecule has 0 aliphatic heterocycles. The summed E-state index contributed by atoms with van der Waals surface area (Å²) in [6.07, 6.45) is 3.69. The lowest BCUT2D eigenvalue weighted by Gasteiger charge is -2.22. The molecule has 0 saturated carbocycles. The van der Waals surface area contributed by atoms with Gasteiger partial charge in [0.2, 0.25) is 0 Å². The Morgan fingerprint density at radius 1 is 0.862 bits per heavy atom. The van der Waals surface area contributed by atoms with E-state index in [-0.39, 0.29) is 12.2 Å². The summed E-state index contributed by atoms with van der Waals surface area (Å²) >= 11 is 0. The number of ether oxygens (including phenoxy) is 1. The number of carboxylic acid groups (broad SMARTS) is 1. The monoisotopic (exact) mass is 390 g/mol. The van der Waals surface area contributed by atoms with E-state index < -0.39 is 12.1 Å². The molecule has 0 bridgehead atoms. The molecule has 0 unspecified atom stereocenters. The minimum Gasteiger partial charge on any atom is -0.478 e. The Morgan fingerprint density at radius 2 is 1.55 bits per heavy atom. The molecule has 1 heterocycles. The minimum absolute atomic E-state index is 0.198.